The summed E-state index contributed by atoms with van der Waals surface area (Å²) in [7, 11) is 0. The number of nitrogens with zero attached hydrogens (tertiary/aromatic N) is 1. The van der Waals surface area contributed by atoms with Crippen molar-refractivity contribution in [2.75, 3.05) is 32.8 Å². The molecule has 0 aromatic rings. The van der Waals surface area contributed by atoms with Crippen molar-refractivity contribution < 1.29 is 4.74 Å². The Morgan fingerprint density at radius 2 is 1.90 bits per heavy atom. The van der Waals surface area contributed by atoms with Gasteiger partial charge in [-0.1, -0.05) is 6.92 Å². The fourth-order valence-electron chi connectivity index (χ4n) is 1.14. The molecule has 1 saturated heterocycles. The molecule has 2 nitrogen and oxygen atoms in total. The predicted molar refractivity (Wildman–Crippen MR) is 47.9 cm³/mol. The van der Waals surface area contributed by atoms with Gasteiger partial charge in [-0.15, -0.1) is 17.0 Å². The molecular weight excluding hydrogens is 194 g/mol. The third-order valence-electron chi connectivity index (χ3n) is 1.64. The minimum Gasteiger partial charge on any atom is -0.379 e. The molecule has 0 unspecified atom stereocenters. The van der Waals surface area contributed by atoms with Crippen LogP contribution >= 0.6 is 17.0 Å². The van der Waals surface area contributed by atoms with Gasteiger partial charge in [-0.2, -0.15) is 0 Å². The van der Waals surface area contributed by atoms with Crippen LogP contribution in [0.1, 0.15) is 13.3 Å². The van der Waals surface area contributed by atoms with E-state index in [9.17, 15) is 0 Å². The summed E-state index contributed by atoms with van der Waals surface area (Å²) in [5.41, 5.74) is 0. The minimum absolute atomic E-state index is 0. The van der Waals surface area contributed by atoms with Crippen LogP contribution in [-0.4, -0.2) is 37.7 Å². The van der Waals surface area contributed by atoms with Crippen LogP contribution < -0.4 is 0 Å². The summed E-state index contributed by atoms with van der Waals surface area (Å²) in [4.78, 5) is 2.45. The van der Waals surface area contributed by atoms with E-state index < -0.39 is 0 Å². The quantitative estimate of drug-likeness (QED) is 0.681. The summed E-state index contributed by atoms with van der Waals surface area (Å²) in [6.45, 7) is 7.58. The molecular formula is C7H16BrNO. The van der Waals surface area contributed by atoms with E-state index >= 15 is 0 Å². The summed E-state index contributed by atoms with van der Waals surface area (Å²) in [5, 5.41) is 0. The fraction of sp³-hybridized carbons (Fsp3) is 1.00. The van der Waals surface area contributed by atoms with Gasteiger partial charge in [-0.25, -0.2) is 0 Å². The van der Waals surface area contributed by atoms with Gasteiger partial charge in [-0.05, 0) is 13.0 Å². The smallest absolute Gasteiger partial charge is 0.0594 e. The van der Waals surface area contributed by atoms with E-state index in [1.165, 1.54) is 13.0 Å². The van der Waals surface area contributed by atoms with E-state index in [0.29, 0.717) is 0 Å². The van der Waals surface area contributed by atoms with Gasteiger partial charge in [0.05, 0.1) is 13.2 Å². The van der Waals surface area contributed by atoms with Crippen molar-refractivity contribution in [3.63, 3.8) is 0 Å². The van der Waals surface area contributed by atoms with Crippen molar-refractivity contribution in [2.45, 2.75) is 13.3 Å². The van der Waals surface area contributed by atoms with Gasteiger partial charge in [0.1, 0.15) is 0 Å². The third kappa shape index (κ3) is 3.54. The molecule has 0 spiro atoms. The molecule has 62 valence electrons. The van der Waals surface area contributed by atoms with Crippen LogP contribution in [0.3, 0.4) is 0 Å². The first-order valence-electron chi connectivity index (χ1n) is 3.73. The van der Waals surface area contributed by atoms with Gasteiger partial charge < -0.3 is 4.74 Å². The van der Waals surface area contributed by atoms with E-state index in [1.54, 1.807) is 0 Å². The first kappa shape index (κ1) is 10.4. The molecule has 1 fully saturated rings. The normalized spacial score (nSPS) is 20.1. The van der Waals surface area contributed by atoms with Gasteiger partial charge in [-0.3, -0.25) is 4.90 Å². The Morgan fingerprint density at radius 3 is 2.40 bits per heavy atom. The Kier molecular flexibility index (Phi) is 6.38. The highest BCUT2D eigenvalue weighted by molar-refractivity contribution is 8.93. The van der Waals surface area contributed by atoms with Crippen molar-refractivity contribution >= 4 is 17.0 Å². The van der Waals surface area contributed by atoms with Crippen LogP contribution in [0.4, 0.5) is 0 Å². The number of hydrogen-bond acceptors (Lipinski definition) is 2. The van der Waals surface area contributed by atoms with Gasteiger partial charge in [0, 0.05) is 13.1 Å². The largest absolute Gasteiger partial charge is 0.379 e. The van der Waals surface area contributed by atoms with Crippen molar-refractivity contribution in [1.29, 1.82) is 0 Å². The van der Waals surface area contributed by atoms with Crippen molar-refractivity contribution in [3.8, 4) is 0 Å². The molecule has 10 heavy (non-hydrogen) atoms. The monoisotopic (exact) mass is 209 g/mol. The minimum atomic E-state index is 0. The van der Waals surface area contributed by atoms with Gasteiger partial charge >= 0.3 is 0 Å². The van der Waals surface area contributed by atoms with E-state index in [-0.39, 0.29) is 17.0 Å². The van der Waals surface area contributed by atoms with Crippen LogP contribution in [0.15, 0.2) is 0 Å². The fourth-order valence-corrected chi connectivity index (χ4v) is 1.14. The molecule has 0 bridgehead atoms. The van der Waals surface area contributed by atoms with Crippen LogP contribution in [0.25, 0.3) is 0 Å². The molecule has 0 aliphatic carbocycles. The highest BCUT2D eigenvalue weighted by Gasteiger charge is 2.07. The Hall–Kier alpha value is 0.400. The molecule has 0 aromatic heterocycles. The van der Waals surface area contributed by atoms with Crippen LogP contribution in [0.5, 0.6) is 0 Å². The zero-order valence-electron chi connectivity index (χ0n) is 6.51. The molecule has 1 heterocycles. The van der Waals surface area contributed by atoms with Crippen molar-refractivity contribution in [2.24, 2.45) is 0 Å². The van der Waals surface area contributed by atoms with E-state index in [0.717, 1.165) is 26.3 Å². The molecule has 0 radical (unpaired) electrons. The average molecular weight is 210 g/mol. The van der Waals surface area contributed by atoms with Crippen molar-refractivity contribution in [1.82, 2.24) is 4.90 Å². The number of morpholine rings is 1. The van der Waals surface area contributed by atoms with E-state index in [4.69, 9.17) is 4.74 Å². The highest BCUT2D eigenvalue weighted by atomic mass is 79.9. The molecule has 1 aliphatic rings. The highest BCUT2D eigenvalue weighted by Crippen LogP contribution is 1.96. The van der Waals surface area contributed by atoms with E-state index in [2.05, 4.69) is 11.8 Å². The molecule has 0 N–H and O–H groups in total. The molecule has 0 amide bonds. The Morgan fingerprint density at radius 1 is 1.30 bits per heavy atom. The molecule has 0 saturated carbocycles. The maximum absolute atomic E-state index is 5.20. The summed E-state index contributed by atoms with van der Waals surface area (Å²) in [6, 6.07) is 0. The topological polar surface area (TPSA) is 12.5 Å². The lowest BCUT2D eigenvalue weighted by Gasteiger charge is -2.25. The third-order valence-corrected chi connectivity index (χ3v) is 1.64. The molecule has 0 atom stereocenters. The van der Waals surface area contributed by atoms with E-state index in [1.807, 2.05) is 0 Å². The second kappa shape index (κ2) is 6.13. The first-order chi connectivity index (χ1) is 4.43. The Balaban J connectivity index is 0.000000810. The van der Waals surface area contributed by atoms with Crippen LogP contribution in [-0.2, 0) is 4.74 Å². The van der Waals surface area contributed by atoms with Gasteiger partial charge in [0.2, 0.25) is 0 Å². The lowest BCUT2D eigenvalue weighted by molar-refractivity contribution is 0.0380. The number of rotatable bonds is 2. The summed E-state index contributed by atoms with van der Waals surface area (Å²) in [6.07, 6.45) is 1.26. The SMILES string of the molecule is Br.CCCN1CCOCC1. The molecule has 1 rings (SSSR count). The van der Waals surface area contributed by atoms with Crippen LogP contribution in [0, 0.1) is 0 Å². The Labute approximate surface area is 73.3 Å². The standard InChI is InChI=1S/C7H15NO.BrH/c1-2-3-8-4-6-9-7-5-8;/h2-7H2,1H3;1H. The average Bonchev–Trinajstić information content (AvgIpc) is 1.91. The summed E-state index contributed by atoms with van der Waals surface area (Å²) >= 11 is 0. The molecule has 1 aliphatic heterocycles. The second-order valence-corrected chi connectivity index (χ2v) is 2.45. The lowest BCUT2D eigenvalue weighted by Crippen LogP contribution is -2.36. The number of ether oxygens (including phenoxy) is 1. The van der Waals surface area contributed by atoms with Crippen molar-refractivity contribution in [3.05, 3.63) is 0 Å². The lowest BCUT2D eigenvalue weighted by atomic mass is 10.4. The first-order valence-corrected chi connectivity index (χ1v) is 3.73. The summed E-state index contributed by atoms with van der Waals surface area (Å²) < 4.78 is 5.20. The second-order valence-electron chi connectivity index (χ2n) is 2.45. The predicted octanol–water partition coefficient (Wildman–Crippen LogP) is 1.31. The number of halogens is 1. The number of hydrogen-bond donors (Lipinski definition) is 0. The summed E-state index contributed by atoms with van der Waals surface area (Å²) in [5.74, 6) is 0. The van der Waals surface area contributed by atoms with Gasteiger partial charge in [0.15, 0.2) is 0 Å². The zero-order valence-corrected chi connectivity index (χ0v) is 8.22. The zero-order chi connectivity index (χ0) is 6.53. The maximum Gasteiger partial charge on any atom is 0.0594 e. The Bertz CT molecular complexity index is 71.3. The van der Waals surface area contributed by atoms with Crippen LogP contribution in [0.2, 0.25) is 0 Å². The molecule has 3 heteroatoms. The maximum atomic E-state index is 5.20. The van der Waals surface area contributed by atoms with Gasteiger partial charge in [0.25, 0.3) is 0 Å². The molecule has 0 aromatic carbocycles.